The lowest BCUT2D eigenvalue weighted by atomic mass is 10.1. The summed E-state index contributed by atoms with van der Waals surface area (Å²) in [6.07, 6.45) is 1.15. The van der Waals surface area contributed by atoms with Gasteiger partial charge in [0.15, 0.2) is 0 Å². The maximum atomic E-state index is 5.91. The fourth-order valence-corrected chi connectivity index (χ4v) is 2.68. The maximum absolute atomic E-state index is 5.91. The second-order valence-electron chi connectivity index (χ2n) is 6.22. The van der Waals surface area contributed by atoms with E-state index in [1.54, 1.807) is 0 Å². The third kappa shape index (κ3) is 4.62. The van der Waals surface area contributed by atoms with Crippen LogP contribution in [0.1, 0.15) is 32.8 Å². The predicted molar refractivity (Wildman–Crippen MR) is 93.9 cm³/mol. The summed E-state index contributed by atoms with van der Waals surface area (Å²) in [4.78, 5) is 4.82. The molecule has 1 unspecified atom stereocenters. The van der Waals surface area contributed by atoms with Crippen molar-refractivity contribution in [3.05, 3.63) is 23.8 Å². The fourth-order valence-electron chi connectivity index (χ4n) is 2.68. The molecule has 1 aliphatic rings. The molecule has 124 valence electrons. The van der Waals surface area contributed by atoms with E-state index in [9.17, 15) is 0 Å². The van der Waals surface area contributed by atoms with Crippen molar-refractivity contribution in [1.82, 2.24) is 10.2 Å². The first-order chi connectivity index (χ1) is 10.6. The fraction of sp³-hybridized carbons (Fsp3) is 0.667. The number of rotatable bonds is 7. The topological polar surface area (TPSA) is 27.7 Å². The second-order valence-corrected chi connectivity index (χ2v) is 6.22. The first kappa shape index (κ1) is 17.1. The molecule has 0 radical (unpaired) electrons. The van der Waals surface area contributed by atoms with Crippen LogP contribution in [-0.4, -0.2) is 50.8 Å². The summed E-state index contributed by atoms with van der Waals surface area (Å²) in [5, 5.41) is 3.55. The van der Waals surface area contributed by atoms with Crippen LogP contribution in [0.3, 0.4) is 0 Å². The summed E-state index contributed by atoms with van der Waals surface area (Å²) in [5.41, 5.74) is 2.53. The maximum Gasteiger partial charge on any atom is 0.142 e. The standard InChI is InChI=1S/C18H31N3O/c1-5-15(3)19-14-16-7-8-17(18(13-16)22-6-2)21-11-9-20(4)10-12-21/h7-8,13,15,19H,5-6,9-12,14H2,1-4H3. The highest BCUT2D eigenvalue weighted by Crippen LogP contribution is 2.30. The van der Waals surface area contributed by atoms with E-state index in [1.807, 2.05) is 0 Å². The second kappa shape index (κ2) is 8.39. The molecule has 4 heteroatoms. The average molecular weight is 305 g/mol. The van der Waals surface area contributed by atoms with Gasteiger partial charge in [-0.25, -0.2) is 0 Å². The molecule has 1 heterocycles. The van der Waals surface area contributed by atoms with Gasteiger partial charge in [-0.15, -0.1) is 0 Å². The first-order valence-corrected chi connectivity index (χ1v) is 8.56. The number of likely N-dealkylation sites (N-methyl/N-ethyl adjacent to an activating group) is 1. The van der Waals surface area contributed by atoms with E-state index in [0.717, 1.165) is 44.9 Å². The van der Waals surface area contributed by atoms with Gasteiger partial charge in [0.2, 0.25) is 0 Å². The Kier molecular flexibility index (Phi) is 6.52. The van der Waals surface area contributed by atoms with Gasteiger partial charge in [0.05, 0.1) is 12.3 Å². The van der Waals surface area contributed by atoms with Gasteiger partial charge in [-0.1, -0.05) is 13.0 Å². The van der Waals surface area contributed by atoms with Gasteiger partial charge in [-0.3, -0.25) is 0 Å². The van der Waals surface area contributed by atoms with Gasteiger partial charge in [-0.2, -0.15) is 0 Å². The molecule has 0 bridgehead atoms. The van der Waals surface area contributed by atoms with Crippen LogP contribution in [0.4, 0.5) is 5.69 Å². The van der Waals surface area contributed by atoms with E-state index in [2.05, 4.69) is 61.1 Å². The van der Waals surface area contributed by atoms with Crippen LogP contribution in [0.2, 0.25) is 0 Å². The SMILES string of the molecule is CCOc1cc(CNC(C)CC)ccc1N1CCN(C)CC1. The van der Waals surface area contributed by atoms with Crippen LogP contribution in [-0.2, 0) is 6.54 Å². The predicted octanol–water partition coefficient (Wildman–Crippen LogP) is 2.73. The Morgan fingerprint density at radius 3 is 2.55 bits per heavy atom. The summed E-state index contributed by atoms with van der Waals surface area (Å²) in [6, 6.07) is 7.20. The molecule has 1 aromatic carbocycles. The molecular weight excluding hydrogens is 274 g/mol. The number of nitrogens with one attached hydrogen (secondary N) is 1. The minimum Gasteiger partial charge on any atom is -0.492 e. The normalized spacial score (nSPS) is 17.5. The molecule has 1 N–H and O–H groups in total. The van der Waals surface area contributed by atoms with E-state index in [-0.39, 0.29) is 0 Å². The Balaban J connectivity index is 2.09. The van der Waals surface area contributed by atoms with Gasteiger partial charge in [0.1, 0.15) is 5.75 Å². The molecular formula is C18H31N3O. The molecule has 2 rings (SSSR count). The number of hydrogen-bond acceptors (Lipinski definition) is 4. The highest BCUT2D eigenvalue weighted by atomic mass is 16.5. The summed E-state index contributed by atoms with van der Waals surface area (Å²) in [5.74, 6) is 1.02. The third-order valence-electron chi connectivity index (χ3n) is 4.44. The highest BCUT2D eigenvalue weighted by Gasteiger charge is 2.18. The minimum absolute atomic E-state index is 0.549. The van der Waals surface area contributed by atoms with Crippen LogP contribution in [0.25, 0.3) is 0 Å². The average Bonchev–Trinajstić information content (AvgIpc) is 2.54. The number of anilines is 1. The highest BCUT2D eigenvalue weighted by molar-refractivity contribution is 5.60. The molecule has 4 nitrogen and oxygen atoms in total. The van der Waals surface area contributed by atoms with Crippen molar-refractivity contribution < 1.29 is 4.74 Å². The summed E-state index contributed by atoms with van der Waals surface area (Å²) < 4.78 is 5.91. The lowest BCUT2D eigenvalue weighted by molar-refractivity contribution is 0.307. The van der Waals surface area contributed by atoms with Crippen molar-refractivity contribution in [2.75, 3.05) is 44.7 Å². The zero-order valence-corrected chi connectivity index (χ0v) is 14.6. The number of ether oxygens (including phenoxy) is 1. The van der Waals surface area contributed by atoms with E-state index < -0.39 is 0 Å². The Morgan fingerprint density at radius 1 is 1.18 bits per heavy atom. The van der Waals surface area contributed by atoms with Gasteiger partial charge in [-0.05, 0) is 45.0 Å². The Hall–Kier alpha value is -1.26. The summed E-state index contributed by atoms with van der Waals surface area (Å²) in [6.45, 7) is 12.5. The van der Waals surface area contributed by atoms with Crippen LogP contribution < -0.4 is 15.0 Å². The largest absolute Gasteiger partial charge is 0.492 e. The molecule has 22 heavy (non-hydrogen) atoms. The van der Waals surface area contributed by atoms with Crippen molar-refractivity contribution >= 4 is 5.69 Å². The van der Waals surface area contributed by atoms with Gasteiger partial charge in [0, 0.05) is 38.8 Å². The molecule has 1 aliphatic heterocycles. The molecule has 1 fully saturated rings. The zero-order chi connectivity index (χ0) is 15.9. The van der Waals surface area contributed by atoms with Crippen molar-refractivity contribution in [1.29, 1.82) is 0 Å². The molecule has 0 aromatic heterocycles. The number of piperazine rings is 1. The van der Waals surface area contributed by atoms with Crippen LogP contribution in [0.15, 0.2) is 18.2 Å². The Morgan fingerprint density at radius 2 is 1.91 bits per heavy atom. The smallest absolute Gasteiger partial charge is 0.142 e. The zero-order valence-electron chi connectivity index (χ0n) is 14.6. The van der Waals surface area contributed by atoms with Gasteiger partial charge < -0.3 is 19.9 Å². The molecule has 1 saturated heterocycles. The molecule has 0 saturated carbocycles. The summed E-state index contributed by atoms with van der Waals surface area (Å²) >= 11 is 0. The monoisotopic (exact) mass is 305 g/mol. The number of benzene rings is 1. The Bertz CT molecular complexity index is 456. The van der Waals surface area contributed by atoms with Crippen molar-refractivity contribution in [2.24, 2.45) is 0 Å². The number of hydrogen-bond donors (Lipinski definition) is 1. The molecule has 0 aliphatic carbocycles. The molecule has 0 amide bonds. The van der Waals surface area contributed by atoms with Crippen molar-refractivity contribution in [2.45, 2.75) is 39.8 Å². The first-order valence-electron chi connectivity index (χ1n) is 8.56. The van der Waals surface area contributed by atoms with Crippen LogP contribution in [0, 0.1) is 0 Å². The van der Waals surface area contributed by atoms with E-state index in [0.29, 0.717) is 12.6 Å². The quantitative estimate of drug-likeness (QED) is 0.838. The lowest BCUT2D eigenvalue weighted by Gasteiger charge is -2.35. The number of nitrogens with zero attached hydrogens (tertiary/aromatic N) is 2. The van der Waals surface area contributed by atoms with Crippen LogP contribution in [0.5, 0.6) is 5.75 Å². The molecule has 1 atom stereocenters. The van der Waals surface area contributed by atoms with Crippen molar-refractivity contribution in [3.8, 4) is 5.75 Å². The molecule has 0 spiro atoms. The van der Waals surface area contributed by atoms with E-state index in [4.69, 9.17) is 4.74 Å². The Labute approximate surface area is 135 Å². The van der Waals surface area contributed by atoms with Crippen LogP contribution >= 0.6 is 0 Å². The molecule has 1 aromatic rings. The van der Waals surface area contributed by atoms with Gasteiger partial charge in [0.25, 0.3) is 0 Å². The third-order valence-corrected chi connectivity index (χ3v) is 4.44. The van der Waals surface area contributed by atoms with E-state index >= 15 is 0 Å². The summed E-state index contributed by atoms with van der Waals surface area (Å²) in [7, 11) is 2.18. The minimum atomic E-state index is 0.549. The van der Waals surface area contributed by atoms with Crippen molar-refractivity contribution in [3.63, 3.8) is 0 Å². The van der Waals surface area contributed by atoms with Gasteiger partial charge >= 0.3 is 0 Å². The lowest BCUT2D eigenvalue weighted by Crippen LogP contribution is -2.44. The van der Waals surface area contributed by atoms with E-state index in [1.165, 1.54) is 11.3 Å².